The van der Waals surface area contributed by atoms with Crippen LogP contribution in [-0.4, -0.2) is 40.7 Å². The summed E-state index contributed by atoms with van der Waals surface area (Å²) in [5.41, 5.74) is 4.16. The van der Waals surface area contributed by atoms with E-state index in [0.717, 1.165) is 43.6 Å². The Kier molecular flexibility index (Phi) is 5.14. The Morgan fingerprint density at radius 1 is 1.22 bits per heavy atom. The van der Waals surface area contributed by atoms with Crippen molar-refractivity contribution >= 4 is 22.7 Å². The Morgan fingerprint density at radius 3 is 2.75 bits per heavy atom. The molecule has 2 N–H and O–H groups in total. The van der Waals surface area contributed by atoms with Crippen LogP contribution in [0, 0.1) is 5.82 Å². The molecule has 2 aromatic carbocycles. The van der Waals surface area contributed by atoms with Gasteiger partial charge in [-0.3, -0.25) is 9.69 Å². The lowest BCUT2D eigenvalue weighted by molar-refractivity contribution is -0.111. The van der Waals surface area contributed by atoms with E-state index in [1.807, 2.05) is 19.9 Å². The molecule has 1 unspecified atom stereocenters. The molecule has 5 rings (SSSR count). The van der Waals surface area contributed by atoms with Crippen molar-refractivity contribution < 1.29 is 19.0 Å². The maximum Gasteiger partial charge on any atom is 0.260 e. The number of nitrogens with one attached hydrogen (secondary N) is 1. The van der Waals surface area contributed by atoms with E-state index < -0.39 is 11.4 Å². The second-order valence-corrected chi connectivity index (χ2v) is 9.28. The maximum absolute atomic E-state index is 13.6. The van der Waals surface area contributed by atoms with E-state index in [1.165, 1.54) is 17.7 Å². The zero-order chi connectivity index (χ0) is 22.5. The van der Waals surface area contributed by atoms with E-state index in [0.29, 0.717) is 22.6 Å². The van der Waals surface area contributed by atoms with Gasteiger partial charge >= 0.3 is 0 Å². The molecule has 0 bridgehead atoms. The number of anilines is 1. The van der Waals surface area contributed by atoms with Crippen molar-refractivity contribution in [2.45, 2.75) is 44.9 Å². The first kappa shape index (κ1) is 20.9. The molecule has 2 aromatic rings. The summed E-state index contributed by atoms with van der Waals surface area (Å²) in [7, 11) is 0. The van der Waals surface area contributed by atoms with E-state index >= 15 is 0 Å². The zero-order valence-electron chi connectivity index (χ0n) is 18.3. The number of fused-ring (bicyclic) bond motifs is 1. The molecule has 6 heteroatoms. The van der Waals surface area contributed by atoms with Crippen molar-refractivity contribution in [2.75, 3.05) is 18.4 Å². The number of likely N-dealkylation sites (tertiary alicyclic amines) is 1. The normalized spacial score (nSPS) is 24.7. The summed E-state index contributed by atoms with van der Waals surface area (Å²) in [6, 6.07) is 12.7. The molecule has 3 heterocycles. The van der Waals surface area contributed by atoms with Crippen LogP contribution in [0.4, 0.5) is 10.1 Å². The molecule has 0 saturated carbocycles. The van der Waals surface area contributed by atoms with Gasteiger partial charge in [-0.1, -0.05) is 24.3 Å². The van der Waals surface area contributed by atoms with Crippen LogP contribution in [0.3, 0.4) is 0 Å². The molecule has 1 atom stereocenters. The number of benzene rings is 2. The molecule has 5 nitrogen and oxygen atoms in total. The number of hydrogen-bond donors (Lipinski definition) is 2. The van der Waals surface area contributed by atoms with Crippen LogP contribution >= 0.6 is 0 Å². The Balaban J connectivity index is 1.43. The third-order valence-electron chi connectivity index (χ3n) is 6.41. The molecule has 32 heavy (non-hydrogen) atoms. The van der Waals surface area contributed by atoms with E-state index in [4.69, 9.17) is 4.74 Å². The van der Waals surface area contributed by atoms with Crippen LogP contribution in [0.15, 0.2) is 54.3 Å². The van der Waals surface area contributed by atoms with Crippen LogP contribution in [0.1, 0.15) is 43.4 Å². The van der Waals surface area contributed by atoms with Gasteiger partial charge in [-0.25, -0.2) is 4.39 Å². The van der Waals surface area contributed by atoms with Crippen LogP contribution in [-0.2, 0) is 16.1 Å². The Labute approximate surface area is 187 Å². The highest BCUT2D eigenvalue weighted by molar-refractivity contribution is 6.32. The first-order chi connectivity index (χ1) is 15.3. The van der Waals surface area contributed by atoms with Gasteiger partial charge in [-0.05, 0) is 68.6 Å². The molecule has 1 saturated heterocycles. The van der Waals surface area contributed by atoms with Gasteiger partial charge in [-0.15, -0.1) is 0 Å². The monoisotopic (exact) mass is 434 g/mol. The number of amides is 1. The molecule has 0 spiro atoms. The summed E-state index contributed by atoms with van der Waals surface area (Å²) in [5, 5.41) is 12.6. The van der Waals surface area contributed by atoms with Gasteiger partial charge < -0.3 is 15.2 Å². The number of carbonyl (C=O) groups is 1. The predicted molar refractivity (Wildman–Crippen MR) is 122 cm³/mol. The van der Waals surface area contributed by atoms with Gasteiger partial charge in [0.1, 0.15) is 17.2 Å². The van der Waals surface area contributed by atoms with E-state index in [1.54, 1.807) is 6.07 Å². The number of carbonyl (C=O) groups excluding carboxylic acids is 1. The fraction of sp³-hybridized carbons (Fsp3) is 0.346. The molecule has 0 aliphatic carbocycles. The number of allylic oxidation sites excluding steroid dienone is 1. The van der Waals surface area contributed by atoms with Crippen molar-refractivity contribution in [2.24, 2.45) is 0 Å². The third kappa shape index (κ3) is 3.85. The summed E-state index contributed by atoms with van der Waals surface area (Å²) >= 11 is 0. The minimum Gasteiger partial charge on any atom is -0.482 e. The van der Waals surface area contributed by atoms with E-state index in [9.17, 15) is 14.3 Å². The Morgan fingerprint density at radius 2 is 2.00 bits per heavy atom. The fourth-order valence-electron chi connectivity index (χ4n) is 4.83. The van der Waals surface area contributed by atoms with Crippen molar-refractivity contribution in [3.05, 3.63) is 76.8 Å². The van der Waals surface area contributed by atoms with E-state index in [-0.39, 0.29) is 12.0 Å². The topological polar surface area (TPSA) is 61.8 Å². The van der Waals surface area contributed by atoms with E-state index in [2.05, 4.69) is 34.5 Å². The van der Waals surface area contributed by atoms with Crippen molar-refractivity contribution in [3.8, 4) is 0 Å². The number of hydrogen-bond acceptors (Lipinski definition) is 4. The van der Waals surface area contributed by atoms with Crippen molar-refractivity contribution in [3.63, 3.8) is 0 Å². The molecular weight excluding hydrogens is 407 g/mol. The van der Waals surface area contributed by atoms with Crippen LogP contribution in [0.2, 0.25) is 0 Å². The SMILES string of the molecule is CC1(C)O/C(=C2/C(=O)Nc3cc(F)ccc32)C=C1c1ccc(CN2CCCC(O)C2)cc1. The van der Waals surface area contributed by atoms with Gasteiger partial charge in [0.2, 0.25) is 0 Å². The Bertz CT molecular complexity index is 1130. The number of β-amino-alcohol motifs (C(OH)–C–C–N with tert-alkyl or cyclic N) is 1. The molecule has 3 aliphatic rings. The zero-order valence-corrected chi connectivity index (χ0v) is 18.3. The van der Waals surface area contributed by atoms with Crippen molar-refractivity contribution in [1.82, 2.24) is 4.90 Å². The fourth-order valence-corrected chi connectivity index (χ4v) is 4.83. The average Bonchev–Trinajstić information content (AvgIpc) is 3.22. The first-order valence-electron chi connectivity index (χ1n) is 11.1. The lowest BCUT2D eigenvalue weighted by Crippen LogP contribution is -2.37. The van der Waals surface area contributed by atoms with Crippen LogP contribution in [0.5, 0.6) is 0 Å². The number of ether oxygens (including phenoxy) is 1. The van der Waals surface area contributed by atoms with Gasteiger partial charge in [-0.2, -0.15) is 0 Å². The minimum atomic E-state index is -0.607. The Hall–Kier alpha value is -2.96. The summed E-state index contributed by atoms with van der Waals surface area (Å²) in [5.74, 6) is -0.175. The second-order valence-electron chi connectivity index (χ2n) is 9.28. The van der Waals surface area contributed by atoms with Gasteiger partial charge in [0.05, 0.1) is 17.4 Å². The number of aliphatic hydroxyl groups excluding tert-OH is 1. The maximum atomic E-state index is 13.6. The van der Waals surface area contributed by atoms with Crippen LogP contribution in [0.25, 0.3) is 11.1 Å². The number of halogens is 1. The molecule has 3 aliphatic heterocycles. The lowest BCUT2D eigenvalue weighted by Gasteiger charge is -2.30. The number of nitrogens with zero attached hydrogens (tertiary/aromatic N) is 1. The largest absolute Gasteiger partial charge is 0.482 e. The molecule has 0 radical (unpaired) electrons. The molecule has 1 fully saturated rings. The molecular formula is C26H27FN2O3. The van der Waals surface area contributed by atoms with Gasteiger partial charge in [0, 0.05) is 24.2 Å². The van der Waals surface area contributed by atoms with Crippen LogP contribution < -0.4 is 5.32 Å². The molecule has 166 valence electrons. The smallest absolute Gasteiger partial charge is 0.260 e. The molecule has 1 amide bonds. The number of aliphatic hydroxyl groups is 1. The standard InChI is InChI=1S/C26H27FN2O3/c1-26(2)21(17-7-5-16(6-8-17)14-29-11-3-4-19(30)15-29)13-23(32-26)24-20-10-9-18(27)12-22(20)28-25(24)31/h5-10,12-13,19,30H,3-4,11,14-15H2,1-2H3,(H,28,31)/b24-23+. The predicted octanol–water partition coefficient (Wildman–Crippen LogP) is 4.34. The summed E-state index contributed by atoms with van der Waals surface area (Å²) in [4.78, 5) is 14.9. The summed E-state index contributed by atoms with van der Waals surface area (Å²) in [6.07, 6.45) is 3.60. The van der Waals surface area contributed by atoms with Gasteiger partial charge in [0.25, 0.3) is 5.91 Å². The first-order valence-corrected chi connectivity index (χ1v) is 11.1. The highest BCUT2D eigenvalue weighted by Crippen LogP contribution is 2.44. The number of piperidine rings is 1. The highest BCUT2D eigenvalue weighted by atomic mass is 19.1. The quantitative estimate of drug-likeness (QED) is 0.706. The average molecular weight is 435 g/mol. The van der Waals surface area contributed by atoms with Crippen molar-refractivity contribution in [1.29, 1.82) is 0 Å². The van der Waals surface area contributed by atoms with Gasteiger partial charge in [0.15, 0.2) is 0 Å². The lowest BCUT2D eigenvalue weighted by atomic mass is 9.91. The number of rotatable bonds is 3. The molecule has 0 aromatic heterocycles. The second kappa shape index (κ2) is 7.87. The minimum absolute atomic E-state index is 0.231. The highest BCUT2D eigenvalue weighted by Gasteiger charge is 2.38. The summed E-state index contributed by atoms with van der Waals surface area (Å²) < 4.78 is 19.8. The third-order valence-corrected chi connectivity index (χ3v) is 6.41. The summed E-state index contributed by atoms with van der Waals surface area (Å²) in [6.45, 7) is 6.51.